The van der Waals surface area contributed by atoms with E-state index in [0.717, 1.165) is 27.6 Å². The third-order valence-electron chi connectivity index (χ3n) is 7.17. The standard InChI is InChI=1S/C32H39N3O4S/c1-24-19-25(2)32(26(3)20-24)40(37,38)35(16-10-18-39-4)23-31(36)34(22-27-11-6-5-7-12-27)17-15-28-21-33-30-14-9-8-13-29(28)30/h5-9,11-14,19-21,33H,10,15-18,22-23H2,1-4H3. The maximum Gasteiger partial charge on any atom is 0.244 e. The number of amides is 1. The summed E-state index contributed by atoms with van der Waals surface area (Å²) >= 11 is 0. The molecule has 0 radical (unpaired) electrons. The molecule has 212 valence electrons. The van der Waals surface area contributed by atoms with Gasteiger partial charge in [-0.15, -0.1) is 0 Å². The van der Waals surface area contributed by atoms with E-state index in [4.69, 9.17) is 4.74 Å². The Bertz CT molecular complexity index is 1520. The molecule has 1 heterocycles. The van der Waals surface area contributed by atoms with Gasteiger partial charge in [-0.2, -0.15) is 4.31 Å². The molecular weight excluding hydrogens is 522 g/mol. The minimum absolute atomic E-state index is 0.191. The van der Waals surface area contributed by atoms with E-state index < -0.39 is 10.0 Å². The number of aromatic nitrogens is 1. The molecule has 0 aliphatic heterocycles. The topological polar surface area (TPSA) is 82.7 Å². The zero-order valence-corrected chi connectivity index (χ0v) is 24.6. The van der Waals surface area contributed by atoms with Gasteiger partial charge in [-0.05, 0) is 61.9 Å². The molecule has 0 saturated heterocycles. The van der Waals surface area contributed by atoms with Gasteiger partial charge in [-0.1, -0.05) is 66.2 Å². The molecule has 0 unspecified atom stereocenters. The molecule has 1 aromatic heterocycles. The summed E-state index contributed by atoms with van der Waals surface area (Å²) in [5.41, 5.74) is 5.54. The highest BCUT2D eigenvalue weighted by Gasteiger charge is 2.31. The largest absolute Gasteiger partial charge is 0.385 e. The van der Waals surface area contributed by atoms with Crippen molar-refractivity contribution in [2.24, 2.45) is 0 Å². The average Bonchev–Trinajstić information content (AvgIpc) is 3.33. The van der Waals surface area contributed by atoms with Crippen LogP contribution in [0.5, 0.6) is 0 Å². The lowest BCUT2D eigenvalue weighted by atomic mass is 10.1. The number of para-hydroxylation sites is 1. The molecule has 0 bridgehead atoms. The van der Waals surface area contributed by atoms with Crippen molar-refractivity contribution in [1.82, 2.24) is 14.2 Å². The maximum absolute atomic E-state index is 14.0. The number of aryl methyl sites for hydroxylation is 3. The van der Waals surface area contributed by atoms with Crippen molar-refractivity contribution in [2.75, 3.05) is 33.4 Å². The number of hydrogen-bond donors (Lipinski definition) is 1. The van der Waals surface area contributed by atoms with E-state index in [-0.39, 0.29) is 23.9 Å². The van der Waals surface area contributed by atoms with E-state index >= 15 is 0 Å². The number of methoxy groups -OCH3 is 1. The van der Waals surface area contributed by atoms with Gasteiger partial charge in [-0.25, -0.2) is 8.42 Å². The van der Waals surface area contributed by atoms with Crippen LogP contribution in [0.4, 0.5) is 0 Å². The first-order valence-corrected chi connectivity index (χ1v) is 15.1. The first kappa shape index (κ1) is 29.5. The molecule has 40 heavy (non-hydrogen) atoms. The molecule has 0 saturated carbocycles. The van der Waals surface area contributed by atoms with Crippen LogP contribution in [0.25, 0.3) is 10.9 Å². The number of carbonyl (C=O) groups is 1. The van der Waals surface area contributed by atoms with Crippen LogP contribution in [0, 0.1) is 20.8 Å². The normalized spacial score (nSPS) is 11.8. The summed E-state index contributed by atoms with van der Waals surface area (Å²) in [5.74, 6) is -0.230. The average molecular weight is 562 g/mol. The highest BCUT2D eigenvalue weighted by Crippen LogP contribution is 2.26. The van der Waals surface area contributed by atoms with Gasteiger partial charge in [0.05, 0.1) is 11.4 Å². The predicted molar refractivity (Wildman–Crippen MR) is 160 cm³/mol. The van der Waals surface area contributed by atoms with Crippen LogP contribution in [-0.4, -0.2) is 61.9 Å². The Balaban J connectivity index is 1.61. The van der Waals surface area contributed by atoms with E-state index in [1.54, 1.807) is 12.0 Å². The summed E-state index contributed by atoms with van der Waals surface area (Å²) in [6.07, 6.45) is 3.12. The number of carbonyl (C=O) groups excluding carboxylic acids is 1. The van der Waals surface area contributed by atoms with Gasteiger partial charge >= 0.3 is 0 Å². The number of fused-ring (bicyclic) bond motifs is 1. The molecule has 0 aliphatic carbocycles. The molecule has 3 aromatic carbocycles. The zero-order valence-electron chi connectivity index (χ0n) is 23.8. The van der Waals surface area contributed by atoms with Gasteiger partial charge in [0, 0.05) is 50.5 Å². The lowest BCUT2D eigenvalue weighted by Crippen LogP contribution is -2.44. The van der Waals surface area contributed by atoms with Crippen molar-refractivity contribution in [3.8, 4) is 0 Å². The first-order chi connectivity index (χ1) is 19.2. The number of nitrogens with one attached hydrogen (secondary N) is 1. The maximum atomic E-state index is 14.0. The Morgan fingerprint density at radius 1 is 0.925 bits per heavy atom. The number of rotatable bonds is 13. The van der Waals surface area contributed by atoms with Crippen LogP contribution in [0.3, 0.4) is 0 Å². The molecule has 0 spiro atoms. The second kappa shape index (κ2) is 13.3. The van der Waals surface area contributed by atoms with Crippen LogP contribution < -0.4 is 0 Å². The van der Waals surface area contributed by atoms with Crippen molar-refractivity contribution in [2.45, 2.75) is 45.1 Å². The molecular formula is C32H39N3O4S. The Morgan fingerprint density at radius 2 is 1.60 bits per heavy atom. The Kier molecular flexibility index (Phi) is 9.79. The minimum Gasteiger partial charge on any atom is -0.385 e. The highest BCUT2D eigenvalue weighted by atomic mass is 32.2. The number of ether oxygens (including phenoxy) is 1. The van der Waals surface area contributed by atoms with E-state index in [9.17, 15) is 13.2 Å². The van der Waals surface area contributed by atoms with Gasteiger partial charge in [0.1, 0.15) is 0 Å². The highest BCUT2D eigenvalue weighted by molar-refractivity contribution is 7.89. The Labute approximate surface area is 237 Å². The fourth-order valence-corrected chi connectivity index (χ4v) is 7.15. The number of aromatic amines is 1. The summed E-state index contributed by atoms with van der Waals surface area (Å²) in [4.78, 5) is 19.2. The van der Waals surface area contributed by atoms with Crippen molar-refractivity contribution >= 4 is 26.8 Å². The third kappa shape index (κ3) is 6.99. The molecule has 8 heteroatoms. The van der Waals surface area contributed by atoms with Crippen LogP contribution in [-0.2, 0) is 32.5 Å². The monoisotopic (exact) mass is 561 g/mol. The second-order valence-corrected chi connectivity index (χ2v) is 12.2. The van der Waals surface area contributed by atoms with E-state index in [1.165, 1.54) is 4.31 Å². The number of benzene rings is 3. The van der Waals surface area contributed by atoms with Crippen molar-refractivity contribution in [3.63, 3.8) is 0 Å². The third-order valence-corrected chi connectivity index (χ3v) is 9.32. The molecule has 7 nitrogen and oxygen atoms in total. The fraction of sp³-hybridized carbons (Fsp3) is 0.344. The molecule has 0 aliphatic rings. The summed E-state index contributed by atoms with van der Waals surface area (Å²) in [5, 5.41) is 1.13. The lowest BCUT2D eigenvalue weighted by Gasteiger charge is -2.28. The number of H-pyrrole nitrogens is 1. The minimum atomic E-state index is -3.92. The van der Waals surface area contributed by atoms with Gasteiger partial charge in [-0.3, -0.25) is 4.79 Å². The lowest BCUT2D eigenvalue weighted by molar-refractivity contribution is -0.132. The van der Waals surface area contributed by atoms with Gasteiger partial charge in [0.2, 0.25) is 15.9 Å². The fourth-order valence-electron chi connectivity index (χ4n) is 5.31. The molecule has 1 amide bonds. The van der Waals surface area contributed by atoms with Crippen LogP contribution in [0.1, 0.15) is 34.2 Å². The zero-order chi connectivity index (χ0) is 28.7. The summed E-state index contributed by atoms with van der Waals surface area (Å²) in [6.45, 7) is 6.79. The smallest absolute Gasteiger partial charge is 0.244 e. The van der Waals surface area contributed by atoms with E-state index in [1.807, 2.05) is 87.6 Å². The van der Waals surface area contributed by atoms with Crippen molar-refractivity contribution < 1.29 is 17.9 Å². The van der Waals surface area contributed by atoms with Crippen LogP contribution in [0.15, 0.2) is 77.8 Å². The SMILES string of the molecule is COCCCN(CC(=O)N(CCc1c[nH]c2ccccc12)Cc1ccccc1)S(=O)(=O)c1c(C)cc(C)cc1C. The number of nitrogens with zero attached hydrogens (tertiary/aromatic N) is 2. The summed E-state index contributed by atoms with van der Waals surface area (Å²) < 4.78 is 34.5. The number of sulfonamides is 1. The number of hydrogen-bond acceptors (Lipinski definition) is 4. The molecule has 4 aromatic rings. The quantitative estimate of drug-likeness (QED) is 0.222. The summed E-state index contributed by atoms with van der Waals surface area (Å²) in [6, 6.07) is 21.6. The van der Waals surface area contributed by atoms with Gasteiger partial charge in [0.15, 0.2) is 0 Å². The van der Waals surface area contributed by atoms with E-state index in [2.05, 4.69) is 11.1 Å². The Morgan fingerprint density at radius 3 is 2.30 bits per heavy atom. The van der Waals surface area contributed by atoms with Crippen LogP contribution in [0.2, 0.25) is 0 Å². The van der Waals surface area contributed by atoms with Gasteiger partial charge in [0.25, 0.3) is 0 Å². The van der Waals surface area contributed by atoms with Crippen molar-refractivity contribution in [1.29, 1.82) is 0 Å². The van der Waals surface area contributed by atoms with Gasteiger partial charge < -0.3 is 14.6 Å². The first-order valence-electron chi connectivity index (χ1n) is 13.6. The molecule has 0 atom stereocenters. The molecule has 0 fully saturated rings. The molecule has 4 rings (SSSR count). The summed E-state index contributed by atoms with van der Waals surface area (Å²) in [7, 11) is -2.33. The van der Waals surface area contributed by atoms with E-state index in [0.29, 0.717) is 43.7 Å². The second-order valence-electron chi connectivity index (χ2n) is 10.3. The van der Waals surface area contributed by atoms with Crippen molar-refractivity contribution in [3.05, 3.63) is 101 Å². The Hall–Kier alpha value is -3.46. The molecule has 1 N–H and O–H groups in total. The van der Waals surface area contributed by atoms with Crippen LogP contribution >= 0.6 is 0 Å². The predicted octanol–water partition coefficient (Wildman–Crippen LogP) is 5.39.